The molecule has 0 bridgehead atoms. The van der Waals surface area contributed by atoms with Crippen LogP contribution in [-0.4, -0.2) is 23.0 Å². The van der Waals surface area contributed by atoms with Gasteiger partial charge < -0.3 is 10.4 Å². The normalized spacial score (nSPS) is 15.8. The van der Waals surface area contributed by atoms with Crippen LogP contribution >= 0.6 is 0 Å². The van der Waals surface area contributed by atoms with Crippen molar-refractivity contribution in [1.82, 2.24) is 5.32 Å². The van der Waals surface area contributed by atoms with E-state index in [2.05, 4.69) is 5.32 Å². The predicted molar refractivity (Wildman–Crippen MR) is 67.2 cm³/mol. The third kappa shape index (κ3) is 4.35. The molecule has 1 amide bonds. The van der Waals surface area contributed by atoms with Crippen molar-refractivity contribution in [2.45, 2.75) is 37.6 Å². The summed E-state index contributed by atoms with van der Waals surface area (Å²) in [5.41, 5.74) is 0.676. The van der Waals surface area contributed by atoms with Crippen LogP contribution in [0.15, 0.2) is 24.3 Å². The lowest BCUT2D eigenvalue weighted by Gasteiger charge is -2.15. The summed E-state index contributed by atoms with van der Waals surface area (Å²) in [5, 5.41) is 11.7. The van der Waals surface area contributed by atoms with Crippen LogP contribution in [0.5, 0.6) is 0 Å². The maximum Gasteiger partial charge on any atom is 0.303 e. The Balaban J connectivity index is 2.03. The van der Waals surface area contributed by atoms with Crippen molar-refractivity contribution < 1.29 is 19.1 Å². The molecule has 1 aromatic rings. The van der Waals surface area contributed by atoms with Crippen LogP contribution < -0.4 is 5.32 Å². The summed E-state index contributed by atoms with van der Waals surface area (Å²) in [4.78, 5) is 22.6. The molecule has 1 saturated carbocycles. The molecule has 1 aromatic carbocycles. The number of amides is 1. The molecular formula is C14H16FNO3. The first-order valence-electron chi connectivity index (χ1n) is 6.31. The number of hydrogen-bond donors (Lipinski definition) is 2. The van der Waals surface area contributed by atoms with Gasteiger partial charge in [-0.1, -0.05) is 12.1 Å². The number of hydrogen-bond acceptors (Lipinski definition) is 2. The van der Waals surface area contributed by atoms with Gasteiger partial charge in [0.15, 0.2) is 0 Å². The average molecular weight is 265 g/mol. The van der Waals surface area contributed by atoms with Crippen LogP contribution in [0, 0.1) is 5.82 Å². The molecule has 19 heavy (non-hydrogen) atoms. The average Bonchev–Trinajstić information content (AvgIpc) is 3.12. The zero-order valence-corrected chi connectivity index (χ0v) is 10.4. The van der Waals surface area contributed by atoms with Gasteiger partial charge in [0.2, 0.25) is 5.91 Å². The summed E-state index contributed by atoms with van der Waals surface area (Å²) < 4.78 is 12.9. The number of benzene rings is 1. The molecule has 1 aliphatic rings. The molecule has 1 aliphatic carbocycles. The fourth-order valence-corrected chi connectivity index (χ4v) is 1.99. The summed E-state index contributed by atoms with van der Waals surface area (Å²) in [6.07, 6.45) is 1.97. The van der Waals surface area contributed by atoms with Crippen LogP contribution in [0.2, 0.25) is 0 Å². The zero-order valence-electron chi connectivity index (χ0n) is 10.4. The highest BCUT2D eigenvalue weighted by molar-refractivity contribution is 5.78. The number of carbonyl (C=O) groups excluding carboxylic acids is 1. The second-order valence-corrected chi connectivity index (χ2v) is 4.89. The lowest BCUT2D eigenvalue weighted by molar-refractivity contribution is -0.137. The number of carboxylic acid groups (broad SMARTS) is 1. The largest absolute Gasteiger partial charge is 0.481 e. The third-order valence-corrected chi connectivity index (χ3v) is 3.14. The Kier molecular flexibility index (Phi) is 4.14. The Morgan fingerprint density at radius 2 is 1.89 bits per heavy atom. The Bertz CT molecular complexity index is 468. The van der Waals surface area contributed by atoms with Gasteiger partial charge in [-0.25, -0.2) is 4.39 Å². The lowest BCUT2D eigenvalue weighted by atomic mass is 9.92. The highest BCUT2D eigenvalue weighted by atomic mass is 19.1. The van der Waals surface area contributed by atoms with Crippen molar-refractivity contribution in [1.29, 1.82) is 0 Å². The summed E-state index contributed by atoms with van der Waals surface area (Å²) in [6.45, 7) is 0. The van der Waals surface area contributed by atoms with Crippen molar-refractivity contribution in [3.63, 3.8) is 0 Å². The smallest absolute Gasteiger partial charge is 0.303 e. The van der Waals surface area contributed by atoms with Crippen molar-refractivity contribution in [3.8, 4) is 0 Å². The van der Waals surface area contributed by atoms with Gasteiger partial charge in [0.05, 0.1) is 6.42 Å². The van der Waals surface area contributed by atoms with E-state index in [1.807, 2.05) is 0 Å². The van der Waals surface area contributed by atoms with Crippen LogP contribution in [0.25, 0.3) is 0 Å². The van der Waals surface area contributed by atoms with E-state index in [-0.39, 0.29) is 30.6 Å². The minimum Gasteiger partial charge on any atom is -0.481 e. The van der Waals surface area contributed by atoms with E-state index < -0.39 is 11.9 Å². The first kappa shape index (κ1) is 13.5. The molecule has 0 heterocycles. The molecule has 4 nitrogen and oxygen atoms in total. The molecular weight excluding hydrogens is 249 g/mol. The number of rotatable bonds is 6. The molecule has 2 N–H and O–H groups in total. The molecule has 0 saturated heterocycles. The number of halogens is 1. The van der Waals surface area contributed by atoms with Gasteiger partial charge >= 0.3 is 5.97 Å². The first-order valence-corrected chi connectivity index (χ1v) is 6.31. The van der Waals surface area contributed by atoms with Gasteiger partial charge in [0, 0.05) is 18.4 Å². The molecule has 0 aromatic heterocycles. The topological polar surface area (TPSA) is 66.4 Å². The first-order chi connectivity index (χ1) is 9.04. The molecule has 0 unspecified atom stereocenters. The number of nitrogens with one attached hydrogen (secondary N) is 1. The van der Waals surface area contributed by atoms with Crippen LogP contribution in [-0.2, 0) is 9.59 Å². The van der Waals surface area contributed by atoms with Gasteiger partial charge in [-0.05, 0) is 30.5 Å². The minimum atomic E-state index is -0.964. The van der Waals surface area contributed by atoms with E-state index in [9.17, 15) is 14.0 Å². The number of carbonyl (C=O) groups is 2. The fraction of sp³-hybridized carbons (Fsp3) is 0.429. The fourth-order valence-electron chi connectivity index (χ4n) is 1.99. The highest BCUT2D eigenvalue weighted by Gasteiger charge is 2.26. The molecule has 1 fully saturated rings. The quantitative estimate of drug-likeness (QED) is 0.827. The van der Waals surface area contributed by atoms with Crippen LogP contribution in [0.3, 0.4) is 0 Å². The monoisotopic (exact) mass is 265 g/mol. The van der Waals surface area contributed by atoms with E-state index in [0.29, 0.717) is 5.56 Å². The summed E-state index contributed by atoms with van der Waals surface area (Å²) in [6, 6.07) is 5.89. The van der Waals surface area contributed by atoms with E-state index in [1.165, 1.54) is 24.3 Å². The Labute approximate surface area is 110 Å². The summed E-state index contributed by atoms with van der Waals surface area (Å²) in [5.74, 6) is -1.90. The number of carboxylic acids is 1. The zero-order chi connectivity index (χ0) is 13.8. The molecule has 5 heteroatoms. The maximum absolute atomic E-state index is 12.9. The predicted octanol–water partition coefficient (Wildman–Crippen LogP) is 2.05. The summed E-state index contributed by atoms with van der Waals surface area (Å²) >= 11 is 0. The van der Waals surface area contributed by atoms with Crippen LogP contribution in [0.4, 0.5) is 4.39 Å². The second kappa shape index (κ2) is 5.82. The maximum atomic E-state index is 12.9. The lowest BCUT2D eigenvalue weighted by Crippen LogP contribution is -2.27. The minimum absolute atomic E-state index is 0.119. The molecule has 0 spiro atoms. The van der Waals surface area contributed by atoms with Gasteiger partial charge in [0.25, 0.3) is 0 Å². The van der Waals surface area contributed by atoms with Gasteiger partial charge in [-0.3, -0.25) is 9.59 Å². The van der Waals surface area contributed by atoms with Crippen LogP contribution in [0.1, 0.15) is 37.2 Å². The van der Waals surface area contributed by atoms with Crippen molar-refractivity contribution in [3.05, 3.63) is 35.6 Å². The second-order valence-electron chi connectivity index (χ2n) is 4.89. The highest BCUT2D eigenvalue weighted by Crippen LogP contribution is 2.25. The van der Waals surface area contributed by atoms with E-state index in [4.69, 9.17) is 5.11 Å². The third-order valence-electron chi connectivity index (χ3n) is 3.14. The van der Waals surface area contributed by atoms with E-state index in [1.54, 1.807) is 0 Å². The Hall–Kier alpha value is -1.91. The molecule has 1 atom stereocenters. The SMILES string of the molecule is O=C(O)C[C@@H](CC(=O)NC1CC1)c1ccc(F)cc1. The van der Waals surface area contributed by atoms with Gasteiger partial charge in [-0.2, -0.15) is 0 Å². The molecule has 0 radical (unpaired) electrons. The van der Waals surface area contributed by atoms with Gasteiger partial charge in [-0.15, -0.1) is 0 Å². The molecule has 2 rings (SSSR count). The molecule has 102 valence electrons. The van der Waals surface area contributed by atoms with E-state index in [0.717, 1.165) is 12.8 Å². The van der Waals surface area contributed by atoms with Gasteiger partial charge in [0.1, 0.15) is 5.82 Å². The Morgan fingerprint density at radius 1 is 1.26 bits per heavy atom. The number of aliphatic carboxylic acids is 1. The molecule has 0 aliphatic heterocycles. The van der Waals surface area contributed by atoms with E-state index >= 15 is 0 Å². The Morgan fingerprint density at radius 3 is 2.42 bits per heavy atom. The van der Waals surface area contributed by atoms with Crippen molar-refractivity contribution in [2.75, 3.05) is 0 Å². The van der Waals surface area contributed by atoms with Crippen molar-refractivity contribution >= 4 is 11.9 Å². The summed E-state index contributed by atoms with van der Waals surface area (Å²) in [7, 11) is 0. The standard InChI is InChI=1S/C14H16FNO3/c15-11-3-1-9(2-4-11)10(8-14(18)19)7-13(17)16-12-5-6-12/h1-4,10,12H,5-8H2,(H,16,17)(H,18,19)/t10-/m1/s1. The van der Waals surface area contributed by atoms with Crippen molar-refractivity contribution in [2.24, 2.45) is 0 Å².